The van der Waals surface area contributed by atoms with E-state index in [0.717, 1.165) is 89.2 Å². The third-order valence-corrected chi connectivity index (χ3v) is 11.0. The molecule has 0 N–H and O–H groups in total. The smallest absolute Gasteiger partial charge is 0.160 e. The lowest BCUT2D eigenvalue weighted by Gasteiger charge is -2.13. The largest absolute Gasteiger partial charge is 0.228 e. The van der Waals surface area contributed by atoms with Gasteiger partial charge in [0.1, 0.15) is 0 Å². The Balaban J connectivity index is 0.985. The molecule has 0 amide bonds. The fourth-order valence-electron chi connectivity index (χ4n) is 7.87. The van der Waals surface area contributed by atoms with E-state index in [1.807, 2.05) is 109 Å². The molecule has 10 aromatic rings. The lowest BCUT2D eigenvalue weighted by atomic mass is 9.92. The highest BCUT2D eigenvalue weighted by Gasteiger charge is 2.15. The van der Waals surface area contributed by atoms with Crippen molar-refractivity contribution in [3.05, 3.63) is 217 Å². The molecule has 0 bridgehead atoms. The number of hydrogen-bond donors (Lipinski definition) is 0. The van der Waals surface area contributed by atoms with Crippen LogP contribution in [0, 0.1) is 22.7 Å². The summed E-state index contributed by atoms with van der Waals surface area (Å²) in [6.07, 6.45) is 0. The molecule has 0 saturated heterocycles. The summed E-state index contributed by atoms with van der Waals surface area (Å²) in [5, 5.41) is 21.4. The molecule has 0 radical (unpaired) electrons. The molecule has 2 aromatic heterocycles. The van der Waals surface area contributed by atoms with Crippen LogP contribution in [0.2, 0.25) is 0 Å². The number of nitriles is 2. The summed E-state index contributed by atoms with van der Waals surface area (Å²) in [5.41, 5.74) is 14.2. The van der Waals surface area contributed by atoms with Gasteiger partial charge in [-0.2, -0.15) is 10.5 Å². The maximum absolute atomic E-state index is 9.58. The van der Waals surface area contributed by atoms with Crippen LogP contribution in [0.1, 0.15) is 11.1 Å². The Labute approximate surface area is 359 Å². The monoisotopic (exact) mass is 790 g/mol. The van der Waals surface area contributed by atoms with Crippen molar-refractivity contribution in [3.8, 4) is 102 Å². The Morgan fingerprint density at radius 3 is 1.00 bits per heavy atom. The third-order valence-electron chi connectivity index (χ3n) is 11.0. The van der Waals surface area contributed by atoms with Gasteiger partial charge in [-0.25, -0.2) is 19.9 Å². The lowest BCUT2D eigenvalue weighted by Crippen LogP contribution is -1.96. The Hall–Kier alpha value is -8.84. The van der Waals surface area contributed by atoms with Crippen molar-refractivity contribution in [3.63, 3.8) is 0 Å². The first-order valence-electron chi connectivity index (χ1n) is 20.2. The van der Waals surface area contributed by atoms with E-state index in [9.17, 15) is 10.5 Å². The minimum Gasteiger partial charge on any atom is -0.228 e. The molecule has 6 nitrogen and oxygen atoms in total. The average Bonchev–Trinajstić information content (AvgIpc) is 3.36. The first-order valence-corrected chi connectivity index (χ1v) is 20.2. The molecule has 0 saturated carbocycles. The van der Waals surface area contributed by atoms with Crippen LogP contribution in [0.4, 0.5) is 0 Å². The zero-order valence-electron chi connectivity index (χ0n) is 33.3. The highest BCUT2D eigenvalue weighted by molar-refractivity contribution is 6.04. The van der Waals surface area contributed by atoms with Crippen LogP contribution in [0.3, 0.4) is 0 Å². The van der Waals surface area contributed by atoms with Crippen molar-refractivity contribution in [2.45, 2.75) is 0 Å². The number of aromatic nitrogens is 4. The fourth-order valence-corrected chi connectivity index (χ4v) is 7.87. The van der Waals surface area contributed by atoms with Gasteiger partial charge in [-0.1, -0.05) is 170 Å². The summed E-state index contributed by atoms with van der Waals surface area (Å²) >= 11 is 0. The van der Waals surface area contributed by atoms with Gasteiger partial charge in [0.2, 0.25) is 0 Å². The molecular weight excluding hydrogens is 757 g/mol. The Morgan fingerprint density at radius 1 is 0.274 bits per heavy atom. The summed E-state index contributed by atoms with van der Waals surface area (Å²) in [4.78, 5) is 20.0. The van der Waals surface area contributed by atoms with Gasteiger partial charge in [-0.15, -0.1) is 0 Å². The normalized spacial score (nSPS) is 10.9. The summed E-state index contributed by atoms with van der Waals surface area (Å²) in [5.74, 6) is 1.22. The topological polar surface area (TPSA) is 99.1 Å². The van der Waals surface area contributed by atoms with E-state index in [-0.39, 0.29) is 0 Å². The minimum absolute atomic E-state index is 0.581. The molecule has 8 aromatic carbocycles. The molecule has 0 aliphatic rings. The van der Waals surface area contributed by atoms with Gasteiger partial charge in [-0.3, -0.25) is 0 Å². The molecular formula is C56H34N6. The molecule has 10 rings (SSSR count). The molecule has 0 aliphatic carbocycles. The van der Waals surface area contributed by atoms with Crippen LogP contribution in [0.5, 0.6) is 0 Å². The number of benzene rings is 8. The van der Waals surface area contributed by atoms with Crippen molar-refractivity contribution in [2.75, 3.05) is 0 Å². The van der Waals surface area contributed by atoms with Gasteiger partial charge in [-0.05, 0) is 69.4 Å². The molecule has 62 heavy (non-hydrogen) atoms. The SMILES string of the molecule is N#Cc1cccc(-c2cc(-c3ccccc3)nc(-c3ccc(-c4cccc5c(-c6ccc(-c7nc(-c8ccccc8)cc(-c8cccc(C#N)c8)n7)cc6)cccc45)cc3)n2)c1. The van der Waals surface area contributed by atoms with Gasteiger partial charge < -0.3 is 0 Å². The van der Waals surface area contributed by atoms with Gasteiger partial charge in [0, 0.05) is 33.4 Å². The summed E-state index contributed by atoms with van der Waals surface area (Å²) in [6.45, 7) is 0. The Kier molecular flexibility index (Phi) is 9.92. The van der Waals surface area contributed by atoms with Gasteiger partial charge in [0.15, 0.2) is 11.6 Å². The standard InChI is InChI=1S/C56H34N6/c57-35-37-11-7-17-45(31-37)53-33-51(41-13-3-1-4-14-41)59-55(61-53)43-27-23-39(24-28-43)47-19-9-22-50-48(20-10-21-49(47)50)40-25-29-44(30-26-40)56-60-52(42-15-5-2-6-16-42)34-54(62-56)46-18-8-12-38(32-46)36-58/h1-34H. The van der Waals surface area contributed by atoms with E-state index in [2.05, 4.69) is 97.1 Å². The van der Waals surface area contributed by atoms with Gasteiger partial charge >= 0.3 is 0 Å². The predicted molar refractivity (Wildman–Crippen MR) is 248 cm³/mol. The van der Waals surface area contributed by atoms with E-state index in [1.165, 1.54) is 0 Å². The molecule has 288 valence electrons. The van der Waals surface area contributed by atoms with Gasteiger partial charge in [0.05, 0.1) is 46.0 Å². The fraction of sp³-hybridized carbons (Fsp3) is 0. The number of rotatable bonds is 8. The van der Waals surface area contributed by atoms with E-state index in [1.54, 1.807) is 12.1 Å². The van der Waals surface area contributed by atoms with Crippen LogP contribution in [-0.4, -0.2) is 19.9 Å². The second kappa shape index (κ2) is 16.4. The molecule has 0 fully saturated rings. The van der Waals surface area contributed by atoms with Gasteiger partial charge in [0.25, 0.3) is 0 Å². The summed E-state index contributed by atoms with van der Waals surface area (Å²) in [6, 6.07) is 73.4. The first kappa shape index (κ1) is 37.4. The first-order chi connectivity index (χ1) is 30.6. The van der Waals surface area contributed by atoms with Crippen molar-refractivity contribution < 1.29 is 0 Å². The maximum Gasteiger partial charge on any atom is 0.160 e. The van der Waals surface area contributed by atoms with E-state index < -0.39 is 0 Å². The van der Waals surface area contributed by atoms with Crippen molar-refractivity contribution >= 4 is 10.8 Å². The van der Waals surface area contributed by atoms with E-state index in [4.69, 9.17) is 19.9 Å². The van der Waals surface area contributed by atoms with Crippen molar-refractivity contribution in [2.24, 2.45) is 0 Å². The van der Waals surface area contributed by atoms with Crippen LogP contribution < -0.4 is 0 Å². The third kappa shape index (κ3) is 7.48. The van der Waals surface area contributed by atoms with E-state index in [0.29, 0.717) is 22.8 Å². The highest BCUT2D eigenvalue weighted by Crippen LogP contribution is 2.37. The van der Waals surface area contributed by atoms with Crippen LogP contribution in [0.25, 0.3) is 101 Å². The van der Waals surface area contributed by atoms with Crippen LogP contribution >= 0.6 is 0 Å². The molecule has 0 unspecified atom stereocenters. The van der Waals surface area contributed by atoms with Crippen molar-refractivity contribution in [1.29, 1.82) is 10.5 Å². The number of hydrogen-bond acceptors (Lipinski definition) is 6. The molecule has 0 aliphatic heterocycles. The number of fused-ring (bicyclic) bond motifs is 1. The quantitative estimate of drug-likeness (QED) is 0.152. The van der Waals surface area contributed by atoms with Crippen LogP contribution in [0.15, 0.2) is 206 Å². The summed E-state index contributed by atoms with van der Waals surface area (Å²) < 4.78 is 0. The minimum atomic E-state index is 0.581. The Morgan fingerprint density at radius 2 is 0.613 bits per heavy atom. The molecule has 0 spiro atoms. The zero-order valence-corrected chi connectivity index (χ0v) is 33.3. The second-order valence-corrected chi connectivity index (χ2v) is 14.9. The predicted octanol–water partition coefficient (Wildman–Crippen LogP) is 13.5. The second-order valence-electron chi connectivity index (χ2n) is 14.9. The average molecular weight is 791 g/mol. The molecule has 6 heteroatoms. The van der Waals surface area contributed by atoms with Crippen LogP contribution in [-0.2, 0) is 0 Å². The highest BCUT2D eigenvalue weighted by atomic mass is 14.9. The van der Waals surface area contributed by atoms with E-state index >= 15 is 0 Å². The lowest BCUT2D eigenvalue weighted by molar-refractivity contribution is 1.18. The molecule has 2 heterocycles. The van der Waals surface area contributed by atoms with Crippen molar-refractivity contribution in [1.82, 2.24) is 19.9 Å². The Bertz CT molecular complexity index is 3120. The number of nitrogens with zero attached hydrogens (tertiary/aromatic N) is 6. The maximum atomic E-state index is 9.58. The zero-order chi connectivity index (χ0) is 41.8. The molecule has 0 atom stereocenters. The summed E-state index contributed by atoms with van der Waals surface area (Å²) in [7, 11) is 0.